The van der Waals surface area contributed by atoms with Crippen LogP contribution in [0, 0.1) is 6.92 Å². The van der Waals surface area contributed by atoms with Crippen LogP contribution in [0.1, 0.15) is 44.5 Å². The van der Waals surface area contributed by atoms with E-state index >= 15 is 0 Å². The van der Waals surface area contributed by atoms with E-state index in [2.05, 4.69) is 35.9 Å². The molecule has 1 aromatic heterocycles. The molecule has 0 amide bonds. The van der Waals surface area contributed by atoms with Gasteiger partial charge in [0.2, 0.25) is 0 Å². The lowest BCUT2D eigenvalue weighted by Crippen LogP contribution is -2.37. The van der Waals surface area contributed by atoms with Gasteiger partial charge in [0.15, 0.2) is 0 Å². The molecule has 0 bridgehead atoms. The van der Waals surface area contributed by atoms with Crippen molar-refractivity contribution in [2.45, 2.75) is 52.6 Å². The van der Waals surface area contributed by atoms with Gasteiger partial charge in [0.1, 0.15) is 0 Å². The topological polar surface area (TPSA) is 42.1 Å². The Bertz CT molecular complexity index is 338. The maximum atomic E-state index is 6.16. The van der Waals surface area contributed by atoms with Crippen LogP contribution in [0.5, 0.6) is 0 Å². The van der Waals surface area contributed by atoms with E-state index in [0.29, 0.717) is 0 Å². The fourth-order valence-electron chi connectivity index (χ4n) is 2.11. The summed E-state index contributed by atoms with van der Waals surface area (Å²) in [4.78, 5) is 6.92. The molecule has 0 fully saturated rings. The summed E-state index contributed by atoms with van der Waals surface area (Å²) in [6.07, 6.45) is 3.56. The van der Waals surface area contributed by atoms with E-state index in [1.165, 1.54) is 12.8 Å². The summed E-state index contributed by atoms with van der Waals surface area (Å²) < 4.78 is 0. The number of aryl methyl sites for hydroxylation is 1. The maximum absolute atomic E-state index is 6.16. The average Bonchev–Trinajstić information content (AvgIpc) is 2.35. The normalized spacial score (nSPS) is 12.9. The Kier molecular flexibility index (Phi) is 6.91. The molecule has 0 aromatic carbocycles. The van der Waals surface area contributed by atoms with Gasteiger partial charge in [0.05, 0.1) is 5.69 Å². The molecule has 1 rings (SSSR count). The lowest BCUT2D eigenvalue weighted by Gasteiger charge is -2.24. The molecule has 102 valence electrons. The van der Waals surface area contributed by atoms with Gasteiger partial charge in [-0.15, -0.1) is 0 Å². The number of nitrogens with zero attached hydrogens (tertiary/aromatic N) is 2. The highest BCUT2D eigenvalue weighted by Crippen LogP contribution is 2.06. The summed E-state index contributed by atoms with van der Waals surface area (Å²) in [6.45, 7) is 9.32. The van der Waals surface area contributed by atoms with E-state index in [4.69, 9.17) is 5.73 Å². The molecule has 3 heteroatoms. The first-order chi connectivity index (χ1) is 8.65. The molecular formula is C15H27N3. The Morgan fingerprint density at radius 2 is 2.11 bits per heavy atom. The summed E-state index contributed by atoms with van der Waals surface area (Å²) >= 11 is 0. The fourth-order valence-corrected chi connectivity index (χ4v) is 2.11. The Balaban J connectivity index is 2.46. The van der Waals surface area contributed by atoms with Gasteiger partial charge in [-0.25, -0.2) is 0 Å². The minimum atomic E-state index is 0.287. The third kappa shape index (κ3) is 5.61. The number of hydrogen-bond acceptors (Lipinski definition) is 3. The molecule has 2 N–H and O–H groups in total. The molecule has 0 radical (unpaired) electrons. The molecule has 1 atom stereocenters. The monoisotopic (exact) mass is 249 g/mol. The van der Waals surface area contributed by atoms with Crippen molar-refractivity contribution in [3.8, 4) is 0 Å². The zero-order chi connectivity index (χ0) is 13.4. The van der Waals surface area contributed by atoms with E-state index in [0.717, 1.165) is 37.4 Å². The van der Waals surface area contributed by atoms with Crippen LogP contribution in [0.4, 0.5) is 0 Å². The smallest absolute Gasteiger partial charge is 0.0547 e. The number of rotatable bonds is 8. The molecule has 18 heavy (non-hydrogen) atoms. The van der Waals surface area contributed by atoms with Crippen molar-refractivity contribution in [1.82, 2.24) is 9.88 Å². The molecule has 1 unspecified atom stereocenters. The fraction of sp³-hybridized carbons (Fsp3) is 0.667. The summed E-state index contributed by atoms with van der Waals surface area (Å²) in [5, 5.41) is 0. The minimum absolute atomic E-state index is 0.287. The molecule has 0 saturated heterocycles. The number of aromatic nitrogens is 1. The van der Waals surface area contributed by atoms with Gasteiger partial charge in [-0.1, -0.05) is 32.8 Å². The molecule has 1 aromatic rings. The average molecular weight is 249 g/mol. The van der Waals surface area contributed by atoms with Gasteiger partial charge in [0.25, 0.3) is 0 Å². The number of pyridine rings is 1. The predicted octanol–water partition coefficient (Wildman–Crippen LogP) is 2.73. The SMILES string of the molecule is CCCCC(N)CN(CC)Cc1cccc(C)n1. The molecular weight excluding hydrogens is 222 g/mol. The molecule has 0 aliphatic heterocycles. The van der Waals surface area contributed by atoms with Gasteiger partial charge in [-0.2, -0.15) is 0 Å². The first-order valence-corrected chi connectivity index (χ1v) is 7.06. The molecule has 3 nitrogen and oxygen atoms in total. The third-order valence-electron chi connectivity index (χ3n) is 3.20. The molecule has 0 saturated carbocycles. The second kappa shape index (κ2) is 8.22. The van der Waals surface area contributed by atoms with Crippen LogP contribution in [0.3, 0.4) is 0 Å². The van der Waals surface area contributed by atoms with E-state index in [1.807, 2.05) is 13.0 Å². The van der Waals surface area contributed by atoms with Crippen LogP contribution in [0.15, 0.2) is 18.2 Å². The van der Waals surface area contributed by atoms with E-state index < -0.39 is 0 Å². The van der Waals surface area contributed by atoms with Crippen LogP contribution < -0.4 is 5.73 Å². The molecule has 1 heterocycles. The second-order valence-corrected chi connectivity index (χ2v) is 5.00. The highest BCUT2D eigenvalue weighted by Gasteiger charge is 2.10. The van der Waals surface area contributed by atoms with Crippen molar-refractivity contribution in [3.05, 3.63) is 29.6 Å². The third-order valence-corrected chi connectivity index (χ3v) is 3.20. The summed E-state index contributed by atoms with van der Waals surface area (Å²) in [5.41, 5.74) is 8.38. The second-order valence-electron chi connectivity index (χ2n) is 5.00. The first-order valence-electron chi connectivity index (χ1n) is 7.06. The van der Waals surface area contributed by atoms with Gasteiger partial charge >= 0.3 is 0 Å². The number of unbranched alkanes of at least 4 members (excludes halogenated alkanes) is 1. The summed E-state index contributed by atoms with van der Waals surface area (Å²) in [5.74, 6) is 0. The van der Waals surface area contributed by atoms with E-state index in [-0.39, 0.29) is 6.04 Å². The Labute approximate surface area is 111 Å². The van der Waals surface area contributed by atoms with Crippen LogP contribution in [0.2, 0.25) is 0 Å². The van der Waals surface area contributed by atoms with Crippen molar-refractivity contribution in [1.29, 1.82) is 0 Å². The van der Waals surface area contributed by atoms with Gasteiger partial charge in [-0.05, 0) is 32.0 Å². The Hall–Kier alpha value is -0.930. The highest BCUT2D eigenvalue weighted by atomic mass is 15.1. The molecule has 0 aliphatic carbocycles. The Morgan fingerprint density at radius 1 is 1.33 bits per heavy atom. The van der Waals surface area contributed by atoms with Gasteiger partial charge < -0.3 is 5.73 Å². The number of nitrogens with two attached hydrogens (primary N) is 1. The van der Waals surface area contributed by atoms with Gasteiger partial charge in [-0.3, -0.25) is 9.88 Å². The van der Waals surface area contributed by atoms with Crippen molar-refractivity contribution in [2.24, 2.45) is 5.73 Å². The first kappa shape index (κ1) is 15.1. The van der Waals surface area contributed by atoms with E-state index in [1.54, 1.807) is 0 Å². The van der Waals surface area contributed by atoms with Crippen LogP contribution in [-0.4, -0.2) is 29.0 Å². The standard InChI is InChI=1S/C15H27N3/c1-4-6-9-14(16)11-18(5-2)12-15-10-7-8-13(3)17-15/h7-8,10,14H,4-6,9,11-12,16H2,1-3H3. The zero-order valence-corrected chi connectivity index (χ0v) is 12.0. The lowest BCUT2D eigenvalue weighted by molar-refractivity contribution is 0.253. The minimum Gasteiger partial charge on any atom is -0.327 e. The quantitative estimate of drug-likeness (QED) is 0.770. The van der Waals surface area contributed by atoms with Crippen molar-refractivity contribution >= 4 is 0 Å². The van der Waals surface area contributed by atoms with Crippen LogP contribution in [-0.2, 0) is 6.54 Å². The lowest BCUT2D eigenvalue weighted by atomic mass is 10.1. The van der Waals surface area contributed by atoms with Crippen LogP contribution >= 0.6 is 0 Å². The number of likely N-dealkylation sites (N-methyl/N-ethyl adjacent to an activating group) is 1. The highest BCUT2D eigenvalue weighted by molar-refractivity contribution is 5.09. The Morgan fingerprint density at radius 3 is 2.72 bits per heavy atom. The summed E-state index contributed by atoms with van der Waals surface area (Å²) in [6, 6.07) is 6.48. The predicted molar refractivity (Wildman–Crippen MR) is 77.4 cm³/mol. The van der Waals surface area contributed by atoms with Crippen molar-refractivity contribution < 1.29 is 0 Å². The van der Waals surface area contributed by atoms with E-state index in [9.17, 15) is 0 Å². The van der Waals surface area contributed by atoms with Crippen molar-refractivity contribution in [3.63, 3.8) is 0 Å². The number of hydrogen-bond donors (Lipinski definition) is 1. The summed E-state index contributed by atoms with van der Waals surface area (Å²) in [7, 11) is 0. The zero-order valence-electron chi connectivity index (χ0n) is 12.0. The van der Waals surface area contributed by atoms with Gasteiger partial charge in [0, 0.05) is 24.8 Å². The maximum Gasteiger partial charge on any atom is 0.0547 e. The molecule has 0 spiro atoms. The molecule has 0 aliphatic rings. The van der Waals surface area contributed by atoms with Crippen molar-refractivity contribution in [2.75, 3.05) is 13.1 Å². The van der Waals surface area contributed by atoms with Crippen LogP contribution in [0.25, 0.3) is 0 Å². The largest absolute Gasteiger partial charge is 0.327 e.